The molecule has 0 bridgehead atoms. The highest BCUT2D eigenvalue weighted by atomic mass is 32.2. The van der Waals surface area contributed by atoms with Crippen LogP contribution in [0, 0.1) is 0 Å². The van der Waals surface area contributed by atoms with Crippen molar-refractivity contribution in [3.05, 3.63) is 18.2 Å². The van der Waals surface area contributed by atoms with E-state index >= 15 is 0 Å². The van der Waals surface area contributed by atoms with Crippen molar-refractivity contribution < 1.29 is 17.9 Å². The number of nitrogens with one attached hydrogen (secondary N) is 2. The molecule has 1 aromatic rings. The predicted octanol–water partition coefficient (Wildman–Crippen LogP) is 1.02. The van der Waals surface area contributed by atoms with Gasteiger partial charge < -0.3 is 20.1 Å². The lowest BCUT2D eigenvalue weighted by atomic mass is 10.3. The van der Waals surface area contributed by atoms with Crippen LogP contribution >= 0.6 is 12.2 Å². The van der Waals surface area contributed by atoms with Crippen LogP contribution in [0.1, 0.15) is 6.92 Å². The maximum absolute atomic E-state index is 12.9. The van der Waals surface area contributed by atoms with Crippen LogP contribution in [0.5, 0.6) is 5.75 Å². The fraction of sp³-hybridized carbons (Fsp3) is 0.500. The van der Waals surface area contributed by atoms with Crippen molar-refractivity contribution in [2.45, 2.75) is 11.8 Å². The Bertz CT molecular complexity index is 658. The van der Waals surface area contributed by atoms with Gasteiger partial charge in [-0.05, 0) is 37.3 Å². The van der Waals surface area contributed by atoms with E-state index in [0.717, 1.165) is 0 Å². The Labute approximate surface area is 142 Å². The first-order valence-electron chi connectivity index (χ1n) is 7.32. The molecule has 23 heavy (non-hydrogen) atoms. The Hall–Kier alpha value is -1.42. The van der Waals surface area contributed by atoms with E-state index in [-0.39, 0.29) is 4.90 Å². The van der Waals surface area contributed by atoms with Gasteiger partial charge in [-0.25, -0.2) is 8.42 Å². The van der Waals surface area contributed by atoms with E-state index in [2.05, 4.69) is 10.6 Å². The summed E-state index contributed by atoms with van der Waals surface area (Å²) in [5, 5.41) is 6.13. The van der Waals surface area contributed by atoms with E-state index in [0.29, 0.717) is 49.5 Å². The number of anilines is 1. The van der Waals surface area contributed by atoms with Crippen molar-refractivity contribution >= 4 is 33.0 Å². The summed E-state index contributed by atoms with van der Waals surface area (Å²) in [7, 11) is -1.97. The van der Waals surface area contributed by atoms with Gasteiger partial charge in [-0.15, -0.1) is 0 Å². The van der Waals surface area contributed by atoms with Gasteiger partial charge in [0.05, 0.1) is 19.8 Å². The Morgan fingerprint density at radius 1 is 1.39 bits per heavy atom. The van der Waals surface area contributed by atoms with Gasteiger partial charge in [-0.2, -0.15) is 4.31 Å². The minimum atomic E-state index is -3.66. The standard InChI is InChI=1S/C14H21N3O4S2/c1-3-21-12-5-4-11(16-14(22)15-2)10-13(12)23(18,19)17-6-8-20-9-7-17/h4-5,10H,3,6-9H2,1-2H3,(H2,15,16,22). The third kappa shape index (κ3) is 4.31. The van der Waals surface area contributed by atoms with Crippen LogP contribution in [0.2, 0.25) is 0 Å². The second kappa shape index (κ2) is 7.91. The zero-order valence-electron chi connectivity index (χ0n) is 13.2. The number of sulfonamides is 1. The Morgan fingerprint density at radius 3 is 2.70 bits per heavy atom. The number of morpholine rings is 1. The molecule has 7 nitrogen and oxygen atoms in total. The molecule has 1 aliphatic heterocycles. The summed E-state index contributed by atoms with van der Waals surface area (Å²) < 4.78 is 37.9. The number of hydrogen-bond acceptors (Lipinski definition) is 5. The number of nitrogens with zero attached hydrogens (tertiary/aromatic N) is 1. The maximum Gasteiger partial charge on any atom is 0.246 e. The highest BCUT2D eigenvalue weighted by Gasteiger charge is 2.29. The summed E-state index contributed by atoms with van der Waals surface area (Å²) in [6, 6.07) is 4.91. The summed E-state index contributed by atoms with van der Waals surface area (Å²) in [6.07, 6.45) is 0. The maximum atomic E-state index is 12.9. The topological polar surface area (TPSA) is 79.9 Å². The molecule has 0 spiro atoms. The molecule has 1 aliphatic rings. The van der Waals surface area contributed by atoms with Crippen LogP contribution in [-0.2, 0) is 14.8 Å². The third-order valence-electron chi connectivity index (χ3n) is 3.32. The molecule has 1 saturated heterocycles. The van der Waals surface area contributed by atoms with Crippen molar-refractivity contribution in [3.63, 3.8) is 0 Å². The average Bonchev–Trinajstić information content (AvgIpc) is 2.57. The number of benzene rings is 1. The van der Waals surface area contributed by atoms with E-state index in [1.807, 2.05) is 6.92 Å². The molecule has 0 aliphatic carbocycles. The zero-order valence-corrected chi connectivity index (χ0v) is 14.8. The van der Waals surface area contributed by atoms with E-state index in [1.165, 1.54) is 4.31 Å². The number of rotatable bonds is 5. The lowest BCUT2D eigenvalue weighted by Crippen LogP contribution is -2.40. The van der Waals surface area contributed by atoms with Gasteiger partial charge in [0, 0.05) is 25.8 Å². The quantitative estimate of drug-likeness (QED) is 0.760. The molecule has 1 heterocycles. The SMILES string of the molecule is CCOc1ccc(NC(=S)NC)cc1S(=O)(=O)N1CCOCC1. The fourth-order valence-corrected chi connectivity index (χ4v) is 3.86. The molecule has 9 heteroatoms. The van der Waals surface area contributed by atoms with Crippen molar-refractivity contribution in [1.82, 2.24) is 9.62 Å². The first-order valence-corrected chi connectivity index (χ1v) is 9.17. The Balaban J connectivity index is 2.39. The Morgan fingerprint density at radius 2 is 2.09 bits per heavy atom. The van der Waals surface area contributed by atoms with E-state index in [1.54, 1.807) is 25.2 Å². The van der Waals surface area contributed by atoms with Gasteiger partial charge in [0.15, 0.2) is 5.11 Å². The van der Waals surface area contributed by atoms with Gasteiger partial charge in [-0.1, -0.05) is 0 Å². The molecule has 128 valence electrons. The minimum Gasteiger partial charge on any atom is -0.492 e. The lowest BCUT2D eigenvalue weighted by molar-refractivity contribution is 0.0729. The molecular formula is C14H21N3O4S2. The second-order valence-corrected chi connectivity index (χ2v) is 7.13. The molecule has 1 aromatic carbocycles. The van der Waals surface area contributed by atoms with E-state index in [9.17, 15) is 8.42 Å². The average molecular weight is 359 g/mol. The Kier molecular flexibility index (Phi) is 6.17. The van der Waals surface area contributed by atoms with Gasteiger partial charge in [0.1, 0.15) is 10.6 Å². The number of ether oxygens (including phenoxy) is 2. The summed E-state index contributed by atoms with van der Waals surface area (Å²) in [6.45, 7) is 3.65. The van der Waals surface area contributed by atoms with Crippen LogP contribution in [0.3, 0.4) is 0 Å². The molecular weight excluding hydrogens is 338 g/mol. The van der Waals surface area contributed by atoms with Crippen LogP contribution in [0.15, 0.2) is 23.1 Å². The van der Waals surface area contributed by atoms with Gasteiger partial charge in [0.2, 0.25) is 10.0 Å². The lowest BCUT2D eigenvalue weighted by Gasteiger charge is -2.27. The van der Waals surface area contributed by atoms with Crippen molar-refractivity contribution in [2.24, 2.45) is 0 Å². The highest BCUT2D eigenvalue weighted by Crippen LogP contribution is 2.30. The van der Waals surface area contributed by atoms with Gasteiger partial charge in [-0.3, -0.25) is 0 Å². The van der Waals surface area contributed by atoms with Crippen LogP contribution in [0.25, 0.3) is 0 Å². The predicted molar refractivity (Wildman–Crippen MR) is 92.5 cm³/mol. The summed E-state index contributed by atoms with van der Waals surface area (Å²) in [5.74, 6) is 0.333. The monoisotopic (exact) mass is 359 g/mol. The normalized spacial score (nSPS) is 15.9. The molecule has 0 radical (unpaired) electrons. The molecule has 2 N–H and O–H groups in total. The van der Waals surface area contributed by atoms with E-state index < -0.39 is 10.0 Å². The molecule has 1 fully saturated rings. The zero-order chi connectivity index (χ0) is 16.9. The molecule has 0 amide bonds. The van der Waals surface area contributed by atoms with Crippen molar-refractivity contribution in [1.29, 1.82) is 0 Å². The van der Waals surface area contributed by atoms with Crippen LogP contribution in [0.4, 0.5) is 5.69 Å². The highest BCUT2D eigenvalue weighted by molar-refractivity contribution is 7.89. The summed E-state index contributed by atoms with van der Waals surface area (Å²) in [4.78, 5) is 0.130. The van der Waals surface area contributed by atoms with Crippen LogP contribution in [-0.4, -0.2) is 57.8 Å². The molecule has 0 atom stereocenters. The largest absolute Gasteiger partial charge is 0.492 e. The minimum absolute atomic E-state index is 0.130. The number of thiocarbonyl (C=S) groups is 1. The second-order valence-electron chi connectivity index (χ2n) is 4.82. The summed E-state index contributed by atoms with van der Waals surface area (Å²) >= 11 is 5.05. The molecule has 0 saturated carbocycles. The third-order valence-corrected chi connectivity index (χ3v) is 5.54. The first kappa shape index (κ1) is 17.9. The van der Waals surface area contributed by atoms with Gasteiger partial charge >= 0.3 is 0 Å². The van der Waals surface area contributed by atoms with Crippen molar-refractivity contribution in [2.75, 3.05) is 45.3 Å². The van der Waals surface area contributed by atoms with E-state index in [4.69, 9.17) is 21.7 Å². The molecule has 2 rings (SSSR count). The molecule has 0 unspecified atom stereocenters. The first-order chi connectivity index (χ1) is 11.0. The van der Waals surface area contributed by atoms with Gasteiger partial charge in [0.25, 0.3) is 0 Å². The van der Waals surface area contributed by atoms with Crippen molar-refractivity contribution in [3.8, 4) is 5.75 Å². The molecule has 0 aromatic heterocycles. The fourth-order valence-electron chi connectivity index (χ4n) is 2.18. The van der Waals surface area contributed by atoms with Crippen LogP contribution < -0.4 is 15.4 Å². The number of hydrogen-bond donors (Lipinski definition) is 2. The summed E-state index contributed by atoms with van der Waals surface area (Å²) in [5.41, 5.74) is 0.583. The smallest absolute Gasteiger partial charge is 0.246 e.